The second-order valence-electron chi connectivity index (χ2n) is 6.59. The highest BCUT2D eigenvalue weighted by atomic mass is 16.5. The largest absolute Gasteiger partial charge is 0.493 e. The quantitative estimate of drug-likeness (QED) is 0.707. The summed E-state index contributed by atoms with van der Waals surface area (Å²) in [6, 6.07) is 18.8. The first-order valence-electron chi connectivity index (χ1n) is 8.82. The molecule has 0 aromatic heterocycles. The van der Waals surface area contributed by atoms with Gasteiger partial charge >= 0.3 is 0 Å². The minimum absolute atomic E-state index is 0.788. The third-order valence-corrected chi connectivity index (χ3v) is 4.72. The second kappa shape index (κ2) is 8.16. The van der Waals surface area contributed by atoms with Gasteiger partial charge in [-0.3, -0.25) is 0 Å². The molecular formula is C21H27NO. The fraction of sp³-hybridized carbons (Fsp3) is 0.429. The summed E-state index contributed by atoms with van der Waals surface area (Å²) in [5.74, 6) is 1.89. The lowest BCUT2D eigenvalue weighted by molar-refractivity contribution is 0.177. The average molecular weight is 309 g/mol. The van der Waals surface area contributed by atoms with Gasteiger partial charge in [-0.2, -0.15) is 0 Å². The molecule has 2 nitrogen and oxygen atoms in total. The first kappa shape index (κ1) is 16.1. The van der Waals surface area contributed by atoms with Gasteiger partial charge in [0.05, 0.1) is 6.61 Å². The van der Waals surface area contributed by atoms with E-state index in [1.165, 1.54) is 37.1 Å². The van der Waals surface area contributed by atoms with E-state index in [2.05, 4.69) is 54.3 Å². The fourth-order valence-corrected chi connectivity index (χ4v) is 3.20. The van der Waals surface area contributed by atoms with E-state index in [0.29, 0.717) is 0 Å². The zero-order chi connectivity index (χ0) is 15.9. The number of likely N-dealkylation sites (tertiary alicyclic amines) is 1. The molecule has 1 aliphatic heterocycles. The van der Waals surface area contributed by atoms with Crippen LogP contribution in [0.4, 0.5) is 0 Å². The van der Waals surface area contributed by atoms with Crippen molar-refractivity contribution in [2.24, 2.45) is 5.92 Å². The number of benzene rings is 2. The molecule has 1 aliphatic rings. The van der Waals surface area contributed by atoms with E-state index < -0.39 is 0 Å². The summed E-state index contributed by atoms with van der Waals surface area (Å²) < 4.78 is 6.08. The van der Waals surface area contributed by atoms with Crippen LogP contribution in [0.15, 0.2) is 54.6 Å². The molecule has 0 unspecified atom stereocenters. The molecule has 2 heteroatoms. The summed E-state index contributed by atoms with van der Waals surface area (Å²) in [5.41, 5.74) is 2.40. The smallest absolute Gasteiger partial charge is 0.127 e. The van der Waals surface area contributed by atoms with E-state index in [9.17, 15) is 0 Å². The maximum Gasteiger partial charge on any atom is 0.127 e. The maximum atomic E-state index is 6.08. The lowest BCUT2D eigenvalue weighted by atomic mass is 9.99. The Bertz CT molecular complexity index is 588. The second-order valence-corrected chi connectivity index (χ2v) is 6.59. The molecule has 23 heavy (non-hydrogen) atoms. The third kappa shape index (κ3) is 4.59. The summed E-state index contributed by atoms with van der Waals surface area (Å²) in [5, 5.41) is 0. The highest BCUT2D eigenvalue weighted by Gasteiger charge is 2.15. The topological polar surface area (TPSA) is 12.5 Å². The molecular weight excluding hydrogens is 282 g/mol. The van der Waals surface area contributed by atoms with Crippen LogP contribution >= 0.6 is 0 Å². The van der Waals surface area contributed by atoms with Crippen molar-refractivity contribution in [2.45, 2.75) is 26.2 Å². The lowest BCUT2D eigenvalue weighted by Gasteiger charge is -2.30. The van der Waals surface area contributed by atoms with Gasteiger partial charge < -0.3 is 9.64 Å². The van der Waals surface area contributed by atoms with E-state index in [-0.39, 0.29) is 0 Å². The Morgan fingerprint density at radius 2 is 1.65 bits per heavy atom. The first-order chi connectivity index (χ1) is 11.3. The van der Waals surface area contributed by atoms with Crippen LogP contribution in [-0.4, -0.2) is 31.1 Å². The van der Waals surface area contributed by atoms with Crippen LogP contribution in [0.3, 0.4) is 0 Å². The molecule has 0 amide bonds. The SMILES string of the molecule is CC1CCN(CCCOc2ccccc2-c2ccccc2)CC1. The minimum Gasteiger partial charge on any atom is -0.493 e. The fourth-order valence-electron chi connectivity index (χ4n) is 3.20. The van der Waals surface area contributed by atoms with Crippen LogP contribution in [0.1, 0.15) is 26.2 Å². The van der Waals surface area contributed by atoms with Crippen LogP contribution in [0, 0.1) is 5.92 Å². The Morgan fingerprint density at radius 1 is 0.957 bits per heavy atom. The molecule has 2 aromatic carbocycles. The summed E-state index contributed by atoms with van der Waals surface area (Å²) >= 11 is 0. The van der Waals surface area contributed by atoms with Crippen molar-refractivity contribution in [1.29, 1.82) is 0 Å². The molecule has 1 heterocycles. The summed E-state index contributed by atoms with van der Waals surface area (Å²) in [6.45, 7) is 6.81. The molecule has 0 bridgehead atoms. The Hall–Kier alpha value is -1.80. The third-order valence-electron chi connectivity index (χ3n) is 4.72. The zero-order valence-corrected chi connectivity index (χ0v) is 14.1. The number of rotatable bonds is 6. The number of piperidine rings is 1. The summed E-state index contributed by atoms with van der Waals surface area (Å²) in [7, 11) is 0. The van der Waals surface area contributed by atoms with Crippen molar-refractivity contribution in [3.63, 3.8) is 0 Å². The normalized spacial score (nSPS) is 16.4. The Morgan fingerprint density at radius 3 is 2.43 bits per heavy atom. The number of hydrogen-bond donors (Lipinski definition) is 0. The van der Waals surface area contributed by atoms with Gasteiger partial charge in [0.15, 0.2) is 0 Å². The van der Waals surface area contributed by atoms with E-state index >= 15 is 0 Å². The van der Waals surface area contributed by atoms with Crippen LogP contribution in [0.25, 0.3) is 11.1 Å². The van der Waals surface area contributed by atoms with Gasteiger partial charge in [-0.05, 0) is 49.9 Å². The molecule has 0 saturated carbocycles. The van der Waals surface area contributed by atoms with Crippen LogP contribution in [0.5, 0.6) is 5.75 Å². The van der Waals surface area contributed by atoms with E-state index in [0.717, 1.165) is 31.2 Å². The van der Waals surface area contributed by atoms with Crippen LogP contribution in [-0.2, 0) is 0 Å². The van der Waals surface area contributed by atoms with Gasteiger partial charge in [0, 0.05) is 12.1 Å². The van der Waals surface area contributed by atoms with Crippen molar-refractivity contribution in [3.05, 3.63) is 54.6 Å². The molecule has 122 valence electrons. The molecule has 2 aromatic rings. The van der Waals surface area contributed by atoms with Gasteiger partial charge in [-0.1, -0.05) is 55.5 Å². The number of ether oxygens (including phenoxy) is 1. The first-order valence-corrected chi connectivity index (χ1v) is 8.82. The Labute approximate surface area is 140 Å². The number of nitrogens with zero attached hydrogens (tertiary/aromatic N) is 1. The van der Waals surface area contributed by atoms with Crippen molar-refractivity contribution >= 4 is 0 Å². The maximum absolute atomic E-state index is 6.08. The highest BCUT2D eigenvalue weighted by Crippen LogP contribution is 2.29. The van der Waals surface area contributed by atoms with Crippen molar-refractivity contribution in [1.82, 2.24) is 4.90 Å². The van der Waals surface area contributed by atoms with E-state index in [1.807, 2.05) is 12.1 Å². The monoisotopic (exact) mass is 309 g/mol. The van der Waals surface area contributed by atoms with Crippen molar-refractivity contribution in [2.75, 3.05) is 26.2 Å². The van der Waals surface area contributed by atoms with Gasteiger partial charge in [-0.15, -0.1) is 0 Å². The zero-order valence-electron chi connectivity index (χ0n) is 14.1. The van der Waals surface area contributed by atoms with Crippen LogP contribution < -0.4 is 4.74 Å². The lowest BCUT2D eigenvalue weighted by Crippen LogP contribution is -2.34. The van der Waals surface area contributed by atoms with Gasteiger partial charge in [-0.25, -0.2) is 0 Å². The Kier molecular flexibility index (Phi) is 5.71. The predicted octanol–water partition coefficient (Wildman–Crippen LogP) is 4.85. The van der Waals surface area contributed by atoms with Crippen molar-refractivity contribution < 1.29 is 4.74 Å². The number of para-hydroxylation sites is 1. The Balaban J connectivity index is 1.51. The molecule has 3 rings (SSSR count). The van der Waals surface area contributed by atoms with E-state index in [1.54, 1.807) is 0 Å². The minimum atomic E-state index is 0.788. The molecule has 0 aliphatic carbocycles. The van der Waals surface area contributed by atoms with Gasteiger partial charge in [0.2, 0.25) is 0 Å². The summed E-state index contributed by atoms with van der Waals surface area (Å²) in [4.78, 5) is 2.58. The predicted molar refractivity (Wildman–Crippen MR) is 96.8 cm³/mol. The van der Waals surface area contributed by atoms with Gasteiger partial charge in [0.1, 0.15) is 5.75 Å². The molecule has 0 spiro atoms. The number of hydrogen-bond acceptors (Lipinski definition) is 2. The van der Waals surface area contributed by atoms with Crippen molar-refractivity contribution in [3.8, 4) is 16.9 Å². The van der Waals surface area contributed by atoms with Crippen LogP contribution in [0.2, 0.25) is 0 Å². The average Bonchev–Trinajstić information content (AvgIpc) is 2.61. The summed E-state index contributed by atoms with van der Waals surface area (Å²) in [6.07, 6.45) is 3.78. The van der Waals surface area contributed by atoms with E-state index in [4.69, 9.17) is 4.74 Å². The highest BCUT2D eigenvalue weighted by molar-refractivity contribution is 5.70. The van der Waals surface area contributed by atoms with Gasteiger partial charge in [0.25, 0.3) is 0 Å². The standard InChI is InChI=1S/C21H27NO/c1-18-12-15-22(16-13-18)14-7-17-23-21-11-6-5-10-20(21)19-8-3-2-4-9-19/h2-6,8-11,18H,7,12-17H2,1H3. The molecule has 1 fully saturated rings. The molecule has 1 saturated heterocycles. The molecule has 0 atom stereocenters. The molecule has 0 N–H and O–H groups in total. The molecule has 0 radical (unpaired) electrons.